The molecule has 0 nitrogen and oxygen atoms in total. The topological polar surface area (TPSA) is 0 Å². The molecule has 14 heavy (non-hydrogen) atoms. The highest BCUT2D eigenvalue weighted by atomic mass is 79.9. The quantitative estimate of drug-likeness (QED) is 0.699. The van der Waals surface area contributed by atoms with Crippen LogP contribution in [0, 0.1) is 5.41 Å². The van der Waals surface area contributed by atoms with Crippen molar-refractivity contribution in [2.75, 3.05) is 5.33 Å². The molecular weight excluding hydrogens is 304 g/mol. The Bertz CT molecular complexity index is 290. The molecule has 1 unspecified atom stereocenters. The van der Waals surface area contributed by atoms with Crippen LogP contribution in [0.2, 0.25) is 0 Å². The monoisotopic (exact) mass is 318 g/mol. The molecule has 0 aromatic heterocycles. The maximum atomic E-state index is 3.60. The smallest absolute Gasteiger partial charge is 0.0177 e. The zero-order valence-electron chi connectivity index (χ0n) is 8.69. The molecule has 0 spiro atoms. The Kier molecular flexibility index (Phi) is 4.65. The third-order valence-electron chi connectivity index (χ3n) is 2.70. The Morgan fingerprint density at radius 3 is 2.57 bits per heavy atom. The SMILES string of the molecule is CCC(C)(CBr)Cc1cccc(Br)c1. The van der Waals surface area contributed by atoms with Crippen molar-refractivity contribution in [1.29, 1.82) is 0 Å². The van der Waals surface area contributed by atoms with E-state index in [1.807, 2.05) is 0 Å². The van der Waals surface area contributed by atoms with E-state index >= 15 is 0 Å². The van der Waals surface area contributed by atoms with Gasteiger partial charge in [-0.1, -0.05) is 57.8 Å². The molecule has 1 rings (SSSR count). The Balaban J connectivity index is 2.77. The van der Waals surface area contributed by atoms with Crippen LogP contribution in [0.3, 0.4) is 0 Å². The fraction of sp³-hybridized carbons (Fsp3) is 0.500. The number of benzene rings is 1. The summed E-state index contributed by atoms with van der Waals surface area (Å²) in [6.07, 6.45) is 2.33. The van der Waals surface area contributed by atoms with E-state index in [4.69, 9.17) is 0 Å². The Hall–Kier alpha value is 0.180. The molecule has 78 valence electrons. The van der Waals surface area contributed by atoms with E-state index in [-0.39, 0.29) is 0 Å². The average molecular weight is 320 g/mol. The molecule has 0 saturated heterocycles. The first-order valence-electron chi connectivity index (χ1n) is 4.90. The lowest BCUT2D eigenvalue weighted by Gasteiger charge is -2.25. The summed E-state index contributed by atoms with van der Waals surface area (Å²) >= 11 is 7.10. The van der Waals surface area contributed by atoms with Crippen molar-refractivity contribution < 1.29 is 0 Å². The summed E-state index contributed by atoms with van der Waals surface area (Å²) in [4.78, 5) is 0. The van der Waals surface area contributed by atoms with Crippen LogP contribution in [-0.4, -0.2) is 5.33 Å². The van der Waals surface area contributed by atoms with Gasteiger partial charge in [0.2, 0.25) is 0 Å². The molecule has 1 aromatic carbocycles. The van der Waals surface area contributed by atoms with Crippen molar-refractivity contribution in [3.63, 3.8) is 0 Å². The Labute approximate surface area is 103 Å². The summed E-state index contributed by atoms with van der Waals surface area (Å²) in [5.74, 6) is 0. The van der Waals surface area contributed by atoms with E-state index in [0.717, 1.165) is 11.8 Å². The molecule has 0 aliphatic carbocycles. The molecule has 0 aliphatic heterocycles. The number of rotatable bonds is 4. The minimum absolute atomic E-state index is 0.376. The molecule has 0 radical (unpaired) electrons. The van der Waals surface area contributed by atoms with Crippen LogP contribution in [0.1, 0.15) is 25.8 Å². The van der Waals surface area contributed by atoms with Crippen LogP contribution in [0.5, 0.6) is 0 Å². The largest absolute Gasteiger partial charge is 0.0922 e. The van der Waals surface area contributed by atoms with Crippen LogP contribution < -0.4 is 0 Å². The third kappa shape index (κ3) is 3.39. The first kappa shape index (κ1) is 12.3. The van der Waals surface area contributed by atoms with Gasteiger partial charge in [-0.25, -0.2) is 0 Å². The molecular formula is C12H16Br2. The van der Waals surface area contributed by atoms with Gasteiger partial charge in [0.1, 0.15) is 0 Å². The number of halogens is 2. The predicted molar refractivity (Wildman–Crippen MR) is 70.0 cm³/mol. The summed E-state index contributed by atoms with van der Waals surface area (Å²) in [6.45, 7) is 4.57. The number of hydrogen-bond donors (Lipinski definition) is 0. The number of alkyl halides is 1. The van der Waals surface area contributed by atoms with Crippen molar-refractivity contribution in [3.8, 4) is 0 Å². The zero-order valence-corrected chi connectivity index (χ0v) is 11.9. The highest BCUT2D eigenvalue weighted by Crippen LogP contribution is 2.29. The van der Waals surface area contributed by atoms with E-state index < -0.39 is 0 Å². The molecule has 1 atom stereocenters. The highest BCUT2D eigenvalue weighted by molar-refractivity contribution is 9.10. The zero-order chi connectivity index (χ0) is 10.6. The maximum absolute atomic E-state index is 3.60. The van der Waals surface area contributed by atoms with Crippen molar-refractivity contribution in [3.05, 3.63) is 34.3 Å². The Morgan fingerprint density at radius 2 is 2.07 bits per heavy atom. The second kappa shape index (κ2) is 5.32. The van der Waals surface area contributed by atoms with Crippen molar-refractivity contribution in [2.24, 2.45) is 5.41 Å². The van der Waals surface area contributed by atoms with Gasteiger partial charge in [-0.15, -0.1) is 0 Å². The molecule has 0 bridgehead atoms. The van der Waals surface area contributed by atoms with E-state index in [2.05, 4.69) is 70.0 Å². The van der Waals surface area contributed by atoms with Crippen molar-refractivity contribution >= 4 is 31.9 Å². The average Bonchev–Trinajstić information content (AvgIpc) is 2.18. The fourth-order valence-electron chi connectivity index (χ4n) is 1.41. The minimum atomic E-state index is 0.376. The van der Waals surface area contributed by atoms with Gasteiger partial charge in [0.25, 0.3) is 0 Å². The minimum Gasteiger partial charge on any atom is -0.0922 e. The van der Waals surface area contributed by atoms with Crippen molar-refractivity contribution in [2.45, 2.75) is 26.7 Å². The van der Waals surface area contributed by atoms with Gasteiger partial charge < -0.3 is 0 Å². The van der Waals surface area contributed by atoms with Crippen LogP contribution in [0.15, 0.2) is 28.7 Å². The second-order valence-electron chi connectivity index (χ2n) is 4.10. The summed E-state index contributed by atoms with van der Waals surface area (Å²) in [7, 11) is 0. The van der Waals surface area contributed by atoms with Crippen molar-refractivity contribution in [1.82, 2.24) is 0 Å². The predicted octanol–water partition coefficient (Wildman–Crippen LogP) is 4.80. The molecule has 2 heteroatoms. The van der Waals surface area contributed by atoms with E-state index in [1.54, 1.807) is 0 Å². The van der Waals surface area contributed by atoms with Gasteiger partial charge in [0.05, 0.1) is 0 Å². The maximum Gasteiger partial charge on any atom is 0.0177 e. The molecule has 0 N–H and O–H groups in total. The molecule has 0 aliphatic rings. The van der Waals surface area contributed by atoms with Gasteiger partial charge in [-0.05, 0) is 36.0 Å². The lowest BCUT2D eigenvalue weighted by Crippen LogP contribution is -2.20. The standard InChI is InChI=1S/C12H16Br2/c1-3-12(2,9-13)8-10-5-4-6-11(14)7-10/h4-7H,3,8-9H2,1-2H3. The number of hydrogen-bond acceptors (Lipinski definition) is 0. The lowest BCUT2D eigenvalue weighted by molar-refractivity contribution is 0.361. The lowest BCUT2D eigenvalue weighted by atomic mass is 9.83. The van der Waals surface area contributed by atoms with E-state index in [0.29, 0.717) is 5.41 Å². The second-order valence-corrected chi connectivity index (χ2v) is 5.58. The van der Waals surface area contributed by atoms with E-state index in [9.17, 15) is 0 Å². The van der Waals surface area contributed by atoms with Crippen LogP contribution in [0.25, 0.3) is 0 Å². The normalized spacial score (nSPS) is 15.1. The van der Waals surface area contributed by atoms with Gasteiger partial charge in [-0.2, -0.15) is 0 Å². The molecule has 0 fully saturated rings. The third-order valence-corrected chi connectivity index (χ3v) is 4.54. The summed E-state index contributed by atoms with van der Waals surface area (Å²) in [5.41, 5.74) is 1.78. The van der Waals surface area contributed by atoms with Crippen LogP contribution >= 0.6 is 31.9 Å². The first-order chi connectivity index (χ1) is 6.59. The highest BCUT2D eigenvalue weighted by Gasteiger charge is 2.20. The molecule has 0 heterocycles. The summed E-state index contributed by atoms with van der Waals surface area (Å²) in [6, 6.07) is 8.57. The van der Waals surface area contributed by atoms with Gasteiger partial charge in [0.15, 0.2) is 0 Å². The Morgan fingerprint density at radius 1 is 1.36 bits per heavy atom. The summed E-state index contributed by atoms with van der Waals surface area (Å²) in [5, 5.41) is 1.06. The molecule has 0 saturated carbocycles. The van der Waals surface area contributed by atoms with Gasteiger partial charge >= 0.3 is 0 Å². The van der Waals surface area contributed by atoms with Crippen LogP contribution in [-0.2, 0) is 6.42 Å². The van der Waals surface area contributed by atoms with E-state index in [1.165, 1.54) is 16.5 Å². The van der Waals surface area contributed by atoms with Gasteiger partial charge in [0, 0.05) is 9.80 Å². The first-order valence-corrected chi connectivity index (χ1v) is 6.81. The van der Waals surface area contributed by atoms with Crippen LogP contribution in [0.4, 0.5) is 0 Å². The van der Waals surface area contributed by atoms with Gasteiger partial charge in [-0.3, -0.25) is 0 Å². The summed E-state index contributed by atoms with van der Waals surface area (Å²) < 4.78 is 1.17. The molecule has 0 amide bonds. The fourth-order valence-corrected chi connectivity index (χ4v) is 2.45. The molecule has 1 aromatic rings.